The van der Waals surface area contributed by atoms with Crippen molar-refractivity contribution in [3.63, 3.8) is 0 Å². The summed E-state index contributed by atoms with van der Waals surface area (Å²) in [7, 11) is 4.23. The molecule has 1 atom stereocenters. The van der Waals surface area contributed by atoms with Crippen LogP contribution in [0.15, 0.2) is 121 Å². The highest BCUT2D eigenvalue weighted by molar-refractivity contribution is 7.56. The van der Waals surface area contributed by atoms with Crippen LogP contribution in [0.25, 0.3) is 0 Å². The van der Waals surface area contributed by atoms with Crippen LogP contribution in [0.4, 0.5) is 10.1 Å². The third-order valence-corrected chi connectivity index (χ3v) is 7.98. The first kappa shape index (κ1) is 26.7. The minimum atomic E-state index is -0.226. The van der Waals surface area contributed by atoms with Gasteiger partial charge in [-0.05, 0) is 58.5 Å². The van der Waals surface area contributed by atoms with Crippen LogP contribution in [0, 0.1) is 5.82 Å². The highest BCUT2D eigenvalue weighted by Gasteiger charge is 2.17. The second-order valence-electron chi connectivity index (χ2n) is 9.91. The molecule has 5 rings (SSSR count). The van der Waals surface area contributed by atoms with E-state index in [-0.39, 0.29) is 5.82 Å². The average Bonchev–Trinajstić information content (AvgIpc) is 2.95. The summed E-state index contributed by atoms with van der Waals surface area (Å²) in [4.78, 5) is 1.98. The second-order valence-corrected chi connectivity index (χ2v) is 11.2. The van der Waals surface area contributed by atoms with E-state index in [1.807, 2.05) is 49.3 Å². The average molecular weight is 534 g/mol. The lowest BCUT2D eigenvalue weighted by molar-refractivity contribution is 0.306. The van der Waals surface area contributed by atoms with Crippen molar-refractivity contribution in [1.29, 1.82) is 0 Å². The number of hydrogen-bond donors (Lipinski definition) is 0. The minimum Gasteiger partial charge on any atom is -0.488 e. The first-order chi connectivity index (χ1) is 19.0. The molecule has 4 heteroatoms. The van der Waals surface area contributed by atoms with E-state index in [9.17, 15) is 4.39 Å². The summed E-state index contributed by atoms with van der Waals surface area (Å²) >= 11 is 0. The van der Waals surface area contributed by atoms with Gasteiger partial charge in [-0.2, -0.15) is 0 Å². The molecule has 2 nitrogen and oxygen atoms in total. The van der Waals surface area contributed by atoms with E-state index in [1.54, 1.807) is 12.1 Å². The fourth-order valence-electron chi connectivity index (χ4n) is 4.75. The smallest absolute Gasteiger partial charge is 0.131 e. The fraction of sp³-hybridized carbons (Fsp3) is 0.143. The van der Waals surface area contributed by atoms with Gasteiger partial charge in [0.1, 0.15) is 18.2 Å². The molecule has 0 amide bonds. The van der Waals surface area contributed by atoms with E-state index in [4.69, 9.17) is 4.74 Å². The van der Waals surface area contributed by atoms with Crippen LogP contribution < -0.4 is 20.2 Å². The summed E-state index contributed by atoms with van der Waals surface area (Å²) in [6, 6.07) is 41.0. The highest BCUT2D eigenvalue weighted by Crippen LogP contribution is 2.31. The molecule has 0 aromatic heterocycles. The van der Waals surface area contributed by atoms with Crippen molar-refractivity contribution in [1.82, 2.24) is 0 Å². The van der Waals surface area contributed by atoms with Crippen LogP contribution in [0.5, 0.6) is 5.75 Å². The Bertz CT molecular complexity index is 1500. The van der Waals surface area contributed by atoms with Crippen molar-refractivity contribution in [3.8, 4) is 5.75 Å². The Hall–Kier alpha value is -3.94. The first-order valence-electron chi connectivity index (χ1n) is 13.2. The van der Waals surface area contributed by atoms with Crippen molar-refractivity contribution in [3.05, 3.63) is 155 Å². The number of halogens is 1. The number of anilines is 1. The van der Waals surface area contributed by atoms with E-state index in [0.717, 1.165) is 40.5 Å². The molecular formula is C35H33FNOP. The molecule has 196 valence electrons. The monoisotopic (exact) mass is 533 g/mol. The zero-order valence-electron chi connectivity index (χ0n) is 22.4. The molecule has 0 saturated carbocycles. The third-order valence-electron chi connectivity index (χ3n) is 6.65. The third kappa shape index (κ3) is 7.13. The maximum atomic E-state index is 14.2. The number of rotatable bonds is 10. The summed E-state index contributed by atoms with van der Waals surface area (Å²) in [6.07, 6.45) is 1.61. The summed E-state index contributed by atoms with van der Waals surface area (Å²) < 4.78 is 20.8. The van der Waals surface area contributed by atoms with Gasteiger partial charge in [-0.1, -0.05) is 106 Å². The molecule has 0 spiro atoms. The second kappa shape index (κ2) is 12.7. The molecular weight excluding hydrogens is 500 g/mol. The van der Waals surface area contributed by atoms with E-state index < -0.39 is 0 Å². The maximum absolute atomic E-state index is 14.2. The molecule has 1 unspecified atom stereocenters. The van der Waals surface area contributed by atoms with Gasteiger partial charge >= 0.3 is 0 Å². The highest BCUT2D eigenvalue weighted by atomic mass is 31.1. The predicted octanol–water partition coefficient (Wildman–Crippen LogP) is 7.28. The van der Waals surface area contributed by atoms with E-state index in [2.05, 4.69) is 78.9 Å². The normalized spacial score (nSPS) is 11.2. The molecule has 5 aromatic carbocycles. The number of nitrogens with zero attached hydrogens (tertiary/aromatic N) is 1. The summed E-state index contributed by atoms with van der Waals surface area (Å²) in [5.74, 6) is 0.697. The largest absolute Gasteiger partial charge is 0.488 e. The van der Waals surface area contributed by atoms with Gasteiger partial charge in [-0.25, -0.2) is 4.39 Å². The fourth-order valence-corrected chi connectivity index (χ4v) is 6.24. The molecule has 0 heterocycles. The Morgan fingerprint density at radius 2 is 1.21 bits per heavy atom. The molecule has 0 bridgehead atoms. The lowest BCUT2D eigenvalue weighted by Gasteiger charge is -2.21. The molecule has 0 saturated heterocycles. The summed E-state index contributed by atoms with van der Waals surface area (Å²) in [6.45, 7) is 0.488. The van der Waals surface area contributed by atoms with Crippen LogP contribution in [0.1, 0.15) is 27.8 Å². The van der Waals surface area contributed by atoms with Gasteiger partial charge in [0.2, 0.25) is 0 Å². The van der Waals surface area contributed by atoms with Crippen LogP contribution in [0.2, 0.25) is 0 Å². The van der Waals surface area contributed by atoms with E-state index >= 15 is 0 Å². The van der Waals surface area contributed by atoms with Gasteiger partial charge < -0.3 is 9.64 Å². The van der Waals surface area contributed by atoms with Crippen molar-refractivity contribution >= 4 is 24.9 Å². The molecule has 0 N–H and O–H groups in total. The van der Waals surface area contributed by atoms with Crippen molar-refractivity contribution in [2.45, 2.75) is 19.4 Å². The minimum absolute atomic E-state index is 0.226. The zero-order chi connectivity index (χ0) is 27.0. The van der Waals surface area contributed by atoms with Gasteiger partial charge in [0.25, 0.3) is 0 Å². The van der Waals surface area contributed by atoms with Crippen LogP contribution >= 0.6 is 8.58 Å². The van der Waals surface area contributed by atoms with Crippen LogP contribution in [-0.2, 0) is 19.4 Å². The van der Waals surface area contributed by atoms with Gasteiger partial charge in [-0.3, -0.25) is 0 Å². The Morgan fingerprint density at radius 1 is 0.615 bits per heavy atom. The van der Waals surface area contributed by atoms with Gasteiger partial charge in [0.05, 0.1) is 0 Å². The standard InChI is InChI=1S/C35H33FNOP/c1-37(2)32-24-31(36)18-19-33(32)39-34-23-29(20-26-12-6-3-7-13-26)22-30(21-27-14-8-4-9-15-27)35(34)38-25-28-16-10-5-11-17-28/h3-19,22-24,39H,20-21,25H2,1-2H3. The van der Waals surface area contributed by atoms with Gasteiger partial charge in [0, 0.05) is 36.8 Å². The topological polar surface area (TPSA) is 12.5 Å². The van der Waals surface area contributed by atoms with Gasteiger partial charge in [-0.15, -0.1) is 0 Å². The van der Waals surface area contributed by atoms with Gasteiger partial charge in [0.15, 0.2) is 0 Å². The molecule has 5 aromatic rings. The molecule has 0 aliphatic heterocycles. The lowest BCUT2D eigenvalue weighted by atomic mass is 9.98. The molecule has 0 aliphatic carbocycles. The Morgan fingerprint density at radius 3 is 1.82 bits per heavy atom. The SMILES string of the molecule is CN(C)c1cc(F)ccc1Pc1cc(Cc2ccccc2)cc(Cc2ccccc2)c1OCc1ccccc1. The first-order valence-corrected chi connectivity index (χ1v) is 14.2. The summed E-state index contributed by atoms with van der Waals surface area (Å²) in [5, 5.41) is 2.23. The maximum Gasteiger partial charge on any atom is 0.131 e. The lowest BCUT2D eigenvalue weighted by Crippen LogP contribution is -2.19. The Kier molecular flexibility index (Phi) is 8.71. The molecule has 0 fully saturated rings. The van der Waals surface area contributed by atoms with E-state index in [1.165, 1.54) is 22.3 Å². The van der Waals surface area contributed by atoms with Crippen molar-refractivity contribution < 1.29 is 9.13 Å². The number of ether oxygens (including phenoxy) is 1. The zero-order valence-corrected chi connectivity index (χ0v) is 23.4. The Balaban J connectivity index is 1.61. The summed E-state index contributed by atoms with van der Waals surface area (Å²) in [5.41, 5.74) is 6.94. The van der Waals surface area contributed by atoms with Crippen molar-refractivity contribution in [2.75, 3.05) is 19.0 Å². The predicted molar refractivity (Wildman–Crippen MR) is 164 cm³/mol. The van der Waals surface area contributed by atoms with Crippen LogP contribution in [0.3, 0.4) is 0 Å². The van der Waals surface area contributed by atoms with Crippen molar-refractivity contribution in [2.24, 2.45) is 0 Å². The number of benzene rings is 5. The quantitative estimate of drug-likeness (QED) is 0.175. The molecule has 0 aliphatic rings. The van der Waals surface area contributed by atoms with Crippen LogP contribution in [-0.4, -0.2) is 14.1 Å². The molecule has 0 radical (unpaired) electrons. The Labute approximate surface area is 232 Å². The number of hydrogen-bond acceptors (Lipinski definition) is 2. The molecule has 39 heavy (non-hydrogen) atoms. The van der Waals surface area contributed by atoms with E-state index in [0.29, 0.717) is 15.2 Å².